The molecule has 1 saturated carbocycles. The van der Waals surface area contributed by atoms with Crippen LogP contribution in [0.4, 0.5) is 8.78 Å². The first-order valence-corrected chi connectivity index (χ1v) is 5.59. The minimum absolute atomic E-state index is 0.0198. The average molecular weight is 238 g/mol. The maximum Gasteiger partial charge on any atom is 0.169 e. The van der Waals surface area contributed by atoms with E-state index in [2.05, 4.69) is 0 Å². The van der Waals surface area contributed by atoms with Crippen LogP contribution in [0.1, 0.15) is 36.0 Å². The van der Waals surface area contributed by atoms with Gasteiger partial charge in [-0.2, -0.15) is 0 Å². The molecule has 1 fully saturated rings. The topological polar surface area (TPSA) is 34.1 Å². The summed E-state index contributed by atoms with van der Waals surface area (Å²) in [5, 5.41) is 0. The van der Waals surface area contributed by atoms with E-state index in [9.17, 15) is 18.4 Å². The standard InChI is InChI=1S/C13H12F2O2/c14-9-4-5-12(15)11(7-9)13(17)8-2-1-3-10(16)6-8/h4-5,7-8H,1-3,6H2. The van der Waals surface area contributed by atoms with Crippen molar-refractivity contribution in [1.29, 1.82) is 0 Å². The molecule has 0 saturated heterocycles. The maximum atomic E-state index is 13.4. The molecule has 1 atom stereocenters. The third kappa shape index (κ3) is 2.57. The fourth-order valence-corrected chi connectivity index (χ4v) is 2.15. The molecule has 17 heavy (non-hydrogen) atoms. The molecule has 0 aliphatic heterocycles. The molecular formula is C13H12F2O2. The molecule has 1 aromatic carbocycles. The zero-order valence-electron chi connectivity index (χ0n) is 9.21. The Morgan fingerprint density at radius 3 is 2.76 bits per heavy atom. The van der Waals surface area contributed by atoms with Crippen molar-refractivity contribution in [2.45, 2.75) is 25.7 Å². The Morgan fingerprint density at radius 1 is 1.29 bits per heavy atom. The molecule has 4 heteroatoms. The quantitative estimate of drug-likeness (QED) is 0.742. The lowest BCUT2D eigenvalue weighted by atomic mass is 9.83. The van der Waals surface area contributed by atoms with Gasteiger partial charge in [-0.1, -0.05) is 0 Å². The second-order valence-electron chi connectivity index (χ2n) is 4.32. The number of rotatable bonds is 2. The summed E-state index contributed by atoms with van der Waals surface area (Å²) < 4.78 is 26.4. The zero-order valence-corrected chi connectivity index (χ0v) is 9.21. The van der Waals surface area contributed by atoms with Crippen molar-refractivity contribution in [3.63, 3.8) is 0 Å². The van der Waals surface area contributed by atoms with Gasteiger partial charge >= 0.3 is 0 Å². The van der Waals surface area contributed by atoms with Gasteiger partial charge in [0, 0.05) is 18.8 Å². The molecule has 1 unspecified atom stereocenters. The van der Waals surface area contributed by atoms with Gasteiger partial charge in [-0.3, -0.25) is 9.59 Å². The highest BCUT2D eigenvalue weighted by Gasteiger charge is 2.28. The third-order valence-corrected chi connectivity index (χ3v) is 3.05. The van der Waals surface area contributed by atoms with E-state index in [0.717, 1.165) is 18.2 Å². The number of hydrogen-bond donors (Lipinski definition) is 0. The molecule has 90 valence electrons. The average Bonchev–Trinajstić information content (AvgIpc) is 2.31. The summed E-state index contributed by atoms with van der Waals surface area (Å²) in [4.78, 5) is 23.2. The predicted octanol–water partition coefficient (Wildman–Crippen LogP) is 2.91. The van der Waals surface area contributed by atoms with E-state index < -0.39 is 23.3 Å². The van der Waals surface area contributed by atoms with Gasteiger partial charge < -0.3 is 0 Å². The van der Waals surface area contributed by atoms with Crippen LogP contribution in [0.5, 0.6) is 0 Å². The van der Waals surface area contributed by atoms with Crippen LogP contribution in [0, 0.1) is 17.6 Å². The van der Waals surface area contributed by atoms with Crippen LogP contribution in [0.25, 0.3) is 0 Å². The first kappa shape index (κ1) is 11.9. The summed E-state index contributed by atoms with van der Waals surface area (Å²) >= 11 is 0. The number of carbonyl (C=O) groups excluding carboxylic acids is 2. The third-order valence-electron chi connectivity index (χ3n) is 3.05. The van der Waals surface area contributed by atoms with Crippen molar-refractivity contribution in [1.82, 2.24) is 0 Å². The van der Waals surface area contributed by atoms with Gasteiger partial charge in [-0.05, 0) is 31.0 Å². The van der Waals surface area contributed by atoms with E-state index in [1.54, 1.807) is 0 Å². The largest absolute Gasteiger partial charge is 0.300 e. The highest BCUT2D eigenvalue weighted by atomic mass is 19.1. The van der Waals surface area contributed by atoms with Gasteiger partial charge in [0.2, 0.25) is 0 Å². The Kier molecular flexibility index (Phi) is 3.31. The SMILES string of the molecule is O=C1CCCC(C(=O)c2cc(F)ccc2F)C1. The highest BCUT2D eigenvalue weighted by molar-refractivity contribution is 6.00. The second-order valence-corrected chi connectivity index (χ2v) is 4.32. The van der Waals surface area contributed by atoms with Gasteiger partial charge in [0.25, 0.3) is 0 Å². The Morgan fingerprint density at radius 2 is 2.06 bits per heavy atom. The van der Waals surface area contributed by atoms with Crippen LogP contribution in [0.3, 0.4) is 0 Å². The highest BCUT2D eigenvalue weighted by Crippen LogP contribution is 2.26. The van der Waals surface area contributed by atoms with E-state index in [1.165, 1.54) is 0 Å². The van der Waals surface area contributed by atoms with Crippen molar-refractivity contribution in [2.24, 2.45) is 5.92 Å². The van der Waals surface area contributed by atoms with Gasteiger partial charge in [-0.25, -0.2) is 8.78 Å². The fourth-order valence-electron chi connectivity index (χ4n) is 2.15. The molecule has 2 rings (SSSR count). The monoisotopic (exact) mass is 238 g/mol. The van der Waals surface area contributed by atoms with Gasteiger partial charge in [0.1, 0.15) is 17.4 Å². The number of hydrogen-bond acceptors (Lipinski definition) is 2. The molecule has 2 nitrogen and oxygen atoms in total. The smallest absolute Gasteiger partial charge is 0.169 e. The number of Topliss-reactive ketones (excluding diaryl/α,β-unsaturated/α-hetero) is 2. The van der Waals surface area contributed by atoms with Crippen LogP contribution in [0.15, 0.2) is 18.2 Å². The van der Waals surface area contributed by atoms with Gasteiger partial charge in [-0.15, -0.1) is 0 Å². The summed E-state index contributed by atoms with van der Waals surface area (Å²) in [7, 11) is 0. The van der Waals surface area contributed by atoms with Crippen LogP contribution >= 0.6 is 0 Å². The van der Waals surface area contributed by atoms with Gasteiger partial charge in [0.05, 0.1) is 5.56 Å². The minimum Gasteiger partial charge on any atom is -0.300 e. The van der Waals surface area contributed by atoms with Crippen LogP contribution in [-0.2, 0) is 4.79 Å². The Balaban J connectivity index is 2.24. The number of ketones is 2. The zero-order chi connectivity index (χ0) is 12.4. The number of halogens is 2. The van der Waals surface area contributed by atoms with E-state index in [-0.39, 0.29) is 17.8 Å². The van der Waals surface area contributed by atoms with Crippen molar-refractivity contribution in [3.05, 3.63) is 35.4 Å². The van der Waals surface area contributed by atoms with Crippen molar-refractivity contribution in [3.8, 4) is 0 Å². The molecule has 1 aliphatic carbocycles. The molecule has 1 aromatic rings. The number of carbonyl (C=O) groups is 2. The molecule has 0 heterocycles. The van der Waals surface area contributed by atoms with E-state index in [4.69, 9.17) is 0 Å². The molecule has 0 spiro atoms. The summed E-state index contributed by atoms with van der Waals surface area (Å²) in [6.07, 6.45) is 1.84. The Bertz CT molecular complexity index is 468. The fraction of sp³-hybridized carbons (Fsp3) is 0.385. The Hall–Kier alpha value is -1.58. The first-order valence-electron chi connectivity index (χ1n) is 5.59. The maximum absolute atomic E-state index is 13.4. The lowest BCUT2D eigenvalue weighted by Crippen LogP contribution is -2.23. The van der Waals surface area contributed by atoms with Crippen LogP contribution < -0.4 is 0 Å². The molecule has 0 aromatic heterocycles. The lowest BCUT2D eigenvalue weighted by Gasteiger charge is -2.19. The summed E-state index contributed by atoms with van der Waals surface area (Å²) in [6.45, 7) is 0. The molecule has 1 aliphatic rings. The van der Waals surface area contributed by atoms with Crippen molar-refractivity contribution >= 4 is 11.6 Å². The molecule has 0 amide bonds. The first-order chi connectivity index (χ1) is 8.08. The molecular weight excluding hydrogens is 226 g/mol. The molecule has 0 bridgehead atoms. The van der Waals surface area contributed by atoms with Gasteiger partial charge in [0.15, 0.2) is 5.78 Å². The van der Waals surface area contributed by atoms with E-state index >= 15 is 0 Å². The molecule has 0 radical (unpaired) electrons. The normalized spacial score (nSPS) is 20.4. The summed E-state index contributed by atoms with van der Waals surface area (Å²) in [5.74, 6) is -2.31. The van der Waals surface area contributed by atoms with Crippen molar-refractivity contribution in [2.75, 3.05) is 0 Å². The minimum atomic E-state index is -0.727. The predicted molar refractivity (Wildman–Crippen MR) is 57.7 cm³/mol. The summed E-state index contributed by atoms with van der Waals surface area (Å²) in [5.41, 5.74) is -0.246. The second kappa shape index (κ2) is 4.73. The van der Waals surface area contributed by atoms with E-state index in [0.29, 0.717) is 19.3 Å². The molecule has 0 N–H and O–H groups in total. The Labute approximate surface area is 97.6 Å². The van der Waals surface area contributed by atoms with Crippen LogP contribution in [0.2, 0.25) is 0 Å². The summed E-state index contributed by atoms with van der Waals surface area (Å²) in [6, 6.07) is 2.81. The number of benzene rings is 1. The van der Waals surface area contributed by atoms with Crippen LogP contribution in [-0.4, -0.2) is 11.6 Å². The van der Waals surface area contributed by atoms with Crippen molar-refractivity contribution < 1.29 is 18.4 Å². The lowest BCUT2D eigenvalue weighted by molar-refractivity contribution is -0.121. The van der Waals surface area contributed by atoms with E-state index in [1.807, 2.05) is 0 Å².